The number of likely N-dealkylation sites (N-methyl/N-ethyl adjacent to an activating group) is 1. The summed E-state index contributed by atoms with van der Waals surface area (Å²) in [5.41, 5.74) is 1.17. The molecule has 1 amide bonds. The van der Waals surface area contributed by atoms with Crippen LogP contribution in [-0.2, 0) is 4.79 Å². The van der Waals surface area contributed by atoms with Gasteiger partial charge in [-0.1, -0.05) is 26.0 Å². The standard InChI is InChI=1S/C21H33N3O2/c1-14(2)11-18(22-3)21(25)23-17-10-9-15-12-24(13-16(15)17)19-7-5-6-8-20(19)26-4/h5-8,14-18,22H,9-13H2,1-4H3,(H,23,25)/t15-,16+,17+,18+/m1/s1. The number of nitrogens with one attached hydrogen (secondary N) is 2. The molecule has 2 N–H and O–H groups in total. The lowest BCUT2D eigenvalue weighted by molar-refractivity contribution is -0.124. The maximum absolute atomic E-state index is 12.7. The minimum atomic E-state index is -0.0965. The van der Waals surface area contributed by atoms with Gasteiger partial charge in [-0.3, -0.25) is 4.79 Å². The van der Waals surface area contributed by atoms with E-state index in [0.717, 1.165) is 31.7 Å². The molecular weight excluding hydrogens is 326 g/mol. The van der Waals surface area contributed by atoms with Crippen molar-refractivity contribution in [2.45, 2.75) is 45.2 Å². The number of carbonyl (C=O) groups excluding carboxylic acids is 1. The Kier molecular flexibility index (Phi) is 6.07. The van der Waals surface area contributed by atoms with E-state index in [0.29, 0.717) is 17.8 Å². The quantitative estimate of drug-likeness (QED) is 0.786. The lowest BCUT2D eigenvalue weighted by Crippen LogP contribution is -2.49. The van der Waals surface area contributed by atoms with E-state index in [-0.39, 0.29) is 18.0 Å². The summed E-state index contributed by atoms with van der Waals surface area (Å²) >= 11 is 0. The molecule has 2 aliphatic rings. The van der Waals surface area contributed by atoms with Crippen molar-refractivity contribution >= 4 is 11.6 Å². The van der Waals surface area contributed by atoms with Gasteiger partial charge in [0.2, 0.25) is 5.91 Å². The van der Waals surface area contributed by atoms with Crippen LogP contribution in [0.5, 0.6) is 5.75 Å². The van der Waals surface area contributed by atoms with Gasteiger partial charge in [0, 0.05) is 25.0 Å². The molecule has 1 aliphatic heterocycles. The van der Waals surface area contributed by atoms with Crippen LogP contribution in [0.15, 0.2) is 24.3 Å². The van der Waals surface area contributed by atoms with Crippen LogP contribution in [0.25, 0.3) is 0 Å². The number of nitrogens with zero attached hydrogens (tertiary/aromatic N) is 1. The molecule has 144 valence electrons. The summed E-state index contributed by atoms with van der Waals surface area (Å²) in [5.74, 6) is 2.77. The van der Waals surface area contributed by atoms with Crippen LogP contribution in [0.4, 0.5) is 5.69 Å². The van der Waals surface area contributed by atoms with Gasteiger partial charge < -0.3 is 20.3 Å². The van der Waals surface area contributed by atoms with Crippen LogP contribution >= 0.6 is 0 Å². The van der Waals surface area contributed by atoms with Crippen LogP contribution in [-0.4, -0.2) is 45.2 Å². The predicted molar refractivity (Wildman–Crippen MR) is 106 cm³/mol. The van der Waals surface area contributed by atoms with Crippen LogP contribution < -0.4 is 20.3 Å². The zero-order valence-electron chi connectivity index (χ0n) is 16.5. The van der Waals surface area contributed by atoms with E-state index >= 15 is 0 Å². The molecule has 0 radical (unpaired) electrons. The molecule has 1 saturated heterocycles. The van der Waals surface area contributed by atoms with Gasteiger partial charge in [-0.15, -0.1) is 0 Å². The minimum absolute atomic E-state index is 0.0965. The van der Waals surface area contributed by atoms with Gasteiger partial charge in [0.15, 0.2) is 0 Å². The molecular formula is C21H33N3O2. The number of fused-ring (bicyclic) bond motifs is 1. The smallest absolute Gasteiger partial charge is 0.237 e. The Morgan fingerprint density at radius 1 is 1.27 bits per heavy atom. The van der Waals surface area contributed by atoms with Crippen LogP contribution in [0.1, 0.15) is 33.1 Å². The lowest BCUT2D eigenvalue weighted by atomic mass is 9.97. The van der Waals surface area contributed by atoms with Gasteiger partial charge in [-0.25, -0.2) is 0 Å². The number of rotatable bonds is 7. The minimum Gasteiger partial charge on any atom is -0.495 e. The molecule has 2 fully saturated rings. The number of ether oxygens (including phenoxy) is 1. The fourth-order valence-electron chi connectivity index (χ4n) is 4.64. The first kappa shape index (κ1) is 19.0. The highest BCUT2D eigenvalue weighted by atomic mass is 16.5. The second-order valence-corrected chi connectivity index (χ2v) is 8.16. The van der Waals surface area contributed by atoms with Crippen molar-refractivity contribution in [2.24, 2.45) is 17.8 Å². The van der Waals surface area contributed by atoms with Gasteiger partial charge in [-0.05, 0) is 50.3 Å². The largest absolute Gasteiger partial charge is 0.495 e. The van der Waals surface area contributed by atoms with Gasteiger partial charge >= 0.3 is 0 Å². The van der Waals surface area contributed by atoms with E-state index in [9.17, 15) is 4.79 Å². The van der Waals surface area contributed by atoms with Gasteiger partial charge in [-0.2, -0.15) is 0 Å². The van der Waals surface area contributed by atoms with E-state index in [2.05, 4.69) is 41.5 Å². The van der Waals surface area contributed by atoms with Crippen molar-refractivity contribution in [3.63, 3.8) is 0 Å². The Balaban J connectivity index is 1.64. The number of benzene rings is 1. The summed E-state index contributed by atoms with van der Waals surface area (Å²) in [6.45, 7) is 6.36. The predicted octanol–water partition coefficient (Wildman–Crippen LogP) is 2.66. The third kappa shape index (κ3) is 3.98. The topological polar surface area (TPSA) is 53.6 Å². The number of hydrogen-bond acceptors (Lipinski definition) is 4. The molecule has 5 nitrogen and oxygen atoms in total. The Bertz CT molecular complexity index is 619. The molecule has 0 bridgehead atoms. The van der Waals surface area contributed by atoms with Crippen LogP contribution in [0.3, 0.4) is 0 Å². The van der Waals surface area contributed by atoms with E-state index in [1.165, 1.54) is 12.1 Å². The monoisotopic (exact) mass is 359 g/mol. The van der Waals surface area contributed by atoms with Gasteiger partial charge in [0.1, 0.15) is 5.75 Å². The van der Waals surface area contributed by atoms with Crippen LogP contribution in [0, 0.1) is 17.8 Å². The zero-order chi connectivity index (χ0) is 18.7. The van der Waals surface area contributed by atoms with Crippen molar-refractivity contribution in [1.82, 2.24) is 10.6 Å². The van der Waals surface area contributed by atoms with Gasteiger partial charge in [0.05, 0.1) is 18.8 Å². The van der Waals surface area contributed by atoms with Crippen molar-refractivity contribution in [3.05, 3.63) is 24.3 Å². The molecule has 0 spiro atoms. The summed E-state index contributed by atoms with van der Waals surface area (Å²) in [6.07, 6.45) is 3.16. The number of amides is 1. The second-order valence-electron chi connectivity index (χ2n) is 8.16. The van der Waals surface area contributed by atoms with Crippen molar-refractivity contribution in [1.29, 1.82) is 0 Å². The lowest BCUT2D eigenvalue weighted by Gasteiger charge is -2.26. The molecule has 26 heavy (non-hydrogen) atoms. The van der Waals surface area contributed by atoms with E-state index < -0.39 is 0 Å². The van der Waals surface area contributed by atoms with Crippen molar-refractivity contribution in [3.8, 4) is 5.75 Å². The molecule has 4 atom stereocenters. The third-order valence-corrected chi connectivity index (χ3v) is 5.98. The second kappa shape index (κ2) is 8.30. The normalized spacial score (nSPS) is 26.0. The highest BCUT2D eigenvalue weighted by Gasteiger charge is 2.44. The molecule has 0 unspecified atom stereocenters. The van der Waals surface area contributed by atoms with E-state index in [4.69, 9.17) is 4.74 Å². The molecule has 5 heteroatoms. The van der Waals surface area contributed by atoms with E-state index in [1.54, 1.807) is 7.11 Å². The Morgan fingerprint density at radius 3 is 2.73 bits per heavy atom. The van der Waals surface area contributed by atoms with Gasteiger partial charge in [0.25, 0.3) is 0 Å². The molecule has 1 aromatic carbocycles. The number of carbonyl (C=O) groups is 1. The summed E-state index contributed by atoms with van der Waals surface area (Å²) in [6, 6.07) is 8.42. The SMILES string of the molecule is CN[C@@H](CC(C)C)C(=O)N[C@H]1CC[C@@H]2CN(c3ccccc3OC)C[C@@H]21. The molecule has 1 aromatic rings. The Morgan fingerprint density at radius 2 is 2.04 bits per heavy atom. The molecule has 0 aromatic heterocycles. The number of para-hydroxylation sites is 2. The maximum atomic E-state index is 12.7. The summed E-state index contributed by atoms with van der Waals surface area (Å²) in [5, 5.41) is 6.53. The molecule has 3 rings (SSSR count). The first-order valence-corrected chi connectivity index (χ1v) is 9.89. The number of methoxy groups -OCH3 is 1. The molecule has 1 saturated carbocycles. The summed E-state index contributed by atoms with van der Waals surface area (Å²) < 4.78 is 5.53. The molecule has 1 heterocycles. The highest BCUT2D eigenvalue weighted by molar-refractivity contribution is 5.82. The average Bonchev–Trinajstić information content (AvgIpc) is 3.21. The Labute approximate surface area is 157 Å². The first-order chi connectivity index (χ1) is 12.5. The average molecular weight is 360 g/mol. The maximum Gasteiger partial charge on any atom is 0.237 e. The Hall–Kier alpha value is -1.75. The highest BCUT2D eigenvalue weighted by Crippen LogP contribution is 2.42. The first-order valence-electron chi connectivity index (χ1n) is 9.89. The third-order valence-electron chi connectivity index (χ3n) is 5.98. The number of anilines is 1. The zero-order valence-corrected chi connectivity index (χ0v) is 16.5. The number of hydrogen-bond donors (Lipinski definition) is 2. The summed E-state index contributed by atoms with van der Waals surface area (Å²) in [7, 11) is 3.61. The van der Waals surface area contributed by atoms with E-state index in [1.807, 2.05) is 19.2 Å². The van der Waals surface area contributed by atoms with Crippen molar-refractivity contribution in [2.75, 3.05) is 32.1 Å². The van der Waals surface area contributed by atoms with Crippen LogP contribution in [0.2, 0.25) is 0 Å². The summed E-state index contributed by atoms with van der Waals surface area (Å²) in [4.78, 5) is 15.1. The molecule has 1 aliphatic carbocycles. The fourth-order valence-corrected chi connectivity index (χ4v) is 4.64. The fraction of sp³-hybridized carbons (Fsp3) is 0.667. The van der Waals surface area contributed by atoms with Crippen molar-refractivity contribution < 1.29 is 9.53 Å².